The lowest BCUT2D eigenvalue weighted by Gasteiger charge is -2.16. The molecule has 0 saturated carbocycles. The number of nitrogens with zero attached hydrogens (tertiary/aromatic N) is 2. The third kappa shape index (κ3) is 1.67. The van der Waals surface area contributed by atoms with E-state index in [1.54, 1.807) is 6.20 Å². The molecule has 0 spiro atoms. The van der Waals surface area contributed by atoms with Crippen molar-refractivity contribution in [3.05, 3.63) is 18.3 Å². The monoisotopic (exact) mass is 191 g/mol. The molecule has 0 radical (unpaired) electrons. The summed E-state index contributed by atoms with van der Waals surface area (Å²) in [6.45, 7) is 6.81. The van der Waals surface area contributed by atoms with Crippen LogP contribution >= 0.6 is 0 Å². The van der Waals surface area contributed by atoms with Crippen LogP contribution in [0.3, 0.4) is 0 Å². The van der Waals surface area contributed by atoms with Gasteiger partial charge in [-0.05, 0) is 24.0 Å². The SMILES string of the molecule is CC1CN(c2ccc(N)cn2)CC1C. The molecule has 1 aromatic rings. The zero-order valence-corrected chi connectivity index (χ0v) is 8.77. The molecule has 3 heteroatoms. The number of nitrogens with two attached hydrogens (primary N) is 1. The van der Waals surface area contributed by atoms with E-state index < -0.39 is 0 Å². The van der Waals surface area contributed by atoms with Crippen LogP contribution in [0.15, 0.2) is 18.3 Å². The Labute approximate surface area is 84.9 Å². The zero-order chi connectivity index (χ0) is 10.1. The Kier molecular flexibility index (Phi) is 2.32. The van der Waals surface area contributed by atoms with Crippen LogP contribution in [-0.4, -0.2) is 18.1 Å². The first-order valence-corrected chi connectivity index (χ1v) is 5.13. The maximum atomic E-state index is 5.60. The van der Waals surface area contributed by atoms with E-state index in [2.05, 4.69) is 23.7 Å². The second kappa shape index (κ2) is 3.48. The molecule has 2 unspecified atom stereocenters. The first-order chi connectivity index (χ1) is 6.66. The van der Waals surface area contributed by atoms with E-state index in [0.29, 0.717) is 0 Å². The molecule has 1 aliphatic heterocycles. The standard InChI is InChI=1S/C11H17N3/c1-8-6-14(7-9(8)2)11-4-3-10(12)5-13-11/h3-5,8-9H,6-7,12H2,1-2H3. The summed E-state index contributed by atoms with van der Waals surface area (Å²) in [6.07, 6.45) is 1.73. The van der Waals surface area contributed by atoms with Crippen LogP contribution in [0.5, 0.6) is 0 Å². The minimum atomic E-state index is 0.731. The predicted molar refractivity (Wildman–Crippen MR) is 59.2 cm³/mol. The van der Waals surface area contributed by atoms with E-state index in [-0.39, 0.29) is 0 Å². The number of hydrogen-bond donors (Lipinski definition) is 1. The molecular formula is C11H17N3. The fourth-order valence-corrected chi connectivity index (χ4v) is 1.90. The third-order valence-corrected chi connectivity index (χ3v) is 3.08. The second-order valence-electron chi connectivity index (χ2n) is 4.31. The quantitative estimate of drug-likeness (QED) is 0.735. The summed E-state index contributed by atoms with van der Waals surface area (Å²) in [6, 6.07) is 3.91. The van der Waals surface area contributed by atoms with Crippen LogP contribution in [0.2, 0.25) is 0 Å². The number of anilines is 2. The average molecular weight is 191 g/mol. The minimum Gasteiger partial charge on any atom is -0.397 e. The Morgan fingerprint density at radius 2 is 1.93 bits per heavy atom. The fraction of sp³-hybridized carbons (Fsp3) is 0.545. The van der Waals surface area contributed by atoms with Gasteiger partial charge in [-0.3, -0.25) is 0 Å². The molecule has 14 heavy (non-hydrogen) atoms. The van der Waals surface area contributed by atoms with Crippen molar-refractivity contribution in [2.45, 2.75) is 13.8 Å². The van der Waals surface area contributed by atoms with Crippen LogP contribution in [0, 0.1) is 11.8 Å². The molecule has 0 aromatic carbocycles. The van der Waals surface area contributed by atoms with Crippen LogP contribution in [0.4, 0.5) is 11.5 Å². The number of rotatable bonds is 1. The summed E-state index contributed by atoms with van der Waals surface area (Å²) in [5, 5.41) is 0. The van der Waals surface area contributed by atoms with E-state index in [1.807, 2.05) is 12.1 Å². The molecule has 0 amide bonds. The van der Waals surface area contributed by atoms with Crippen molar-refractivity contribution in [1.82, 2.24) is 4.98 Å². The molecule has 1 fully saturated rings. The topological polar surface area (TPSA) is 42.1 Å². The van der Waals surface area contributed by atoms with Gasteiger partial charge in [-0.15, -0.1) is 0 Å². The third-order valence-electron chi connectivity index (χ3n) is 3.08. The molecule has 76 valence electrons. The molecule has 0 bridgehead atoms. The van der Waals surface area contributed by atoms with Gasteiger partial charge in [0.1, 0.15) is 5.82 Å². The van der Waals surface area contributed by atoms with Gasteiger partial charge in [0.15, 0.2) is 0 Å². The van der Waals surface area contributed by atoms with Crippen molar-refractivity contribution in [3.63, 3.8) is 0 Å². The van der Waals surface area contributed by atoms with Gasteiger partial charge in [-0.1, -0.05) is 13.8 Å². The van der Waals surface area contributed by atoms with E-state index in [4.69, 9.17) is 5.73 Å². The average Bonchev–Trinajstić information content (AvgIpc) is 2.48. The summed E-state index contributed by atoms with van der Waals surface area (Å²) < 4.78 is 0. The summed E-state index contributed by atoms with van der Waals surface area (Å²) >= 11 is 0. The molecule has 3 nitrogen and oxygen atoms in total. The summed E-state index contributed by atoms with van der Waals surface area (Å²) in [5.74, 6) is 2.57. The van der Waals surface area contributed by atoms with E-state index in [9.17, 15) is 0 Å². The lowest BCUT2D eigenvalue weighted by Crippen LogP contribution is -2.20. The van der Waals surface area contributed by atoms with Crippen molar-refractivity contribution in [1.29, 1.82) is 0 Å². The van der Waals surface area contributed by atoms with Crippen molar-refractivity contribution >= 4 is 11.5 Å². The van der Waals surface area contributed by atoms with Crippen LogP contribution in [0.25, 0.3) is 0 Å². The number of hydrogen-bond acceptors (Lipinski definition) is 3. The number of nitrogen functional groups attached to an aromatic ring is 1. The largest absolute Gasteiger partial charge is 0.397 e. The van der Waals surface area contributed by atoms with E-state index >= 15 is 0 Å². The highest BCUT2D eigenvalue weighted by Crippen LogP contribution is 2.26. The maximum absolute atomic E-state index is 5.60. The highest BCUT2D eigenvalue weighted by molar-refractivity contribution is 5.46. The highest BCUT2D eigenvalue weighted by Gasteiger charge is 2.26. The van der Waals surface area contributed by atoms with Crippen molar-refractivity contribution < 1.29 is 0 Å². The Morgan fingerprint density at radius 3 is 2.43 bits per heavy atom. The summed E-state index contributed by atoms with van der Waals surface area (Å²) in [4.78, 5) is 6.66. The molecule has 2 rings (SSSR count). The first-order valence-electron chi connectivity index (χ1n) is 5.13. The summed E-state index contributed by atoms with van der Waals surface area (Å²) in [5.41, 5.74) is 6.33. The Balaban J connectivity index is 2.13. The van der Waals surface area contributed by atoms with Crippen LogP contribution in [0.1, 0.15) is 13.8 Å². The molecule has 1 aromatic heterocycles. The fourth-order valence-electron chi connectivity index (χ4n) is 1.90. The lowest BCUT2D eigenvalue weighted by atomic mass is 10.0. The molecule has 2 N–H and O–H groups in total. The molecule has 2 heterocycles. The number of aromatic nitrogens is 1. The van der Waals surface area contributed by atoms with Gasteiger partial charge in [-0.2, -0.15) is 0 Å². The van der Waals surface area contributed by atoms with Crippen LogP contribution in [-0.2, 0) is 0 Å². The maximum Gasteiger partial charge on any atom is 0.128 e. The van der Waals surface area contributed by atoms with Gasteiger partial charge < -0.3 is 10.6 Å². The highest BCUT2D eigenvalue weighted by atomic mass is 15.2. The van der Waals surface area contributed by atoms with E-state index in [1.165, 1.54) is 0 Å². The lowest BCUT2D eigenvalue weighted by molar-refractivity contribution is 0.494. The van der Waals surface area contributed by atoms with Crippen molar-refractivity contribution in [3.8, 4) is 0 Å². The molecule has 1 saturated heterocycles. The first kappa shape index (κ1) is 9.31. The van der Waals surface area contributed by atoms with Gasteiger partial charge in [-0.25, -0.2) is 4.98 Å². The Morgan fingerprint density at radius 1 is 1.29 bits per heavy atom. The van der Waals surface area contributed by atoms with Crippen molar-refractivity contribution in [2.24, 2.45) is 11.8 Å². The Hall–Kier alpha value is -1.25. The Bertz CT molecular complexity index is 297. The predicted octanol–water partition coefficient (Wildman–Crippen LogP) is 1.76. The number of pyridine rings is 1. The molecule has 1 aliphatic rings. The van der Waals surface area contributed by atoms with Gasteiger partial charge in [0.25, 0.3) is 0 Å². The smallest absolute Gasteiger partial charge is 0.128 e. The zero-order valence-electron chi connectivity index (χ0n) is 8.77. The molecule has 0 aliphatic carbocycles. The molecule has 2 atom stereocenters. The summed E-state index contributed by atoms with van der Waals surface area (Å²) in [7, 11) is 0. The van der Waals surface area contributed by atoms with Gasteiger partial charge in [0, 0.05) is 13.1 Å². The normalized spacial score (nSPS) is 26.9. The van der Waals surface area contributed by atoms with Gasteiger partial charge >= 0.3 is 0 Å². The van der Waals surface area contributed by atoms with E-state index in [0.717, 1.165) is 36.4 Å². The van der Waals surface area contributed by atoms with Gasteiger partial charge in [0.05, 0.1) is 11.9 Å². The van der Waals surface area contributed by atoms with Crippen LogP contribution < -0.4 is 10.6 Å². The second-order valence-corrected chi connectivity index (χ2v) is 4.31. The minimum absolute atomic E-state index is 0.731. The van der Waals surface area contributed by atoms with Crippen molar-refractivity contribution in [2.75, 3.05) is 23.7 Å². The van der Waals surface area contributed by atoms with Gasteiger partial charge in [0.2, 0.25) is 0 Å². The molecular weight excluding hydrogens is 174 g/mol.